The van der Waals surface area contributed by atoms with E-state index in [1.54, 1.807) is 30.2 Å². The highest BCUT2D eigenvalue weighted by Gasteiger charge is 2.14. The van der Waals surface area contributed by atoms with Gasteiger partial charge in [0.2, 0.25) is 5.91 Å². The van der Waals surface area contributed by atoms with Crippen molar-refractivity contribution >= 4 is 29.4 Å². The topological polar surface area (TPSA) is 73.0 Å². The fourth-order valence-corrected chi connectivity index (χ4v) is 3.95. The predicted octanol–water partition coefficient (Wildman–Crippen LogP) is 3.76. The van der Waals surface area contributed by atoms with Gasteiger partial charge < -0.3 is 14.3 Å². The number of furan rings is 1. The zero-order valence-electron chi connectivity index (χ0n) is 14.7. The van der Waals surface area contributed by atoms with Crippen LogP contribution < -0.4 is 5.32 Å². The van der Waals surface area contributed by atoms with E-state index in [-0.39, 0.29) is 11.7 Å². The summed E-state index contributed by atoms with van der Waals surface area (Å²) in [5.41, 5.74) is 0. The molecule has 1 aromatic carbocycles. The molecule has 2 aromatic heterocycles. The molecule has 0 radical (unpaired) electrons. The first-order valence-corrected chi connectivity index (χ1v) is 10.4. The highest BCUT2D eigenvalue weighted by molar-refractivity contribution is 7.99. The number of rotatable bonds is 10. The Bertz CT molecular complexity index is 863. The number of hydrogen-bond donors (Lipinski definition) is 1. The molecule has 0 fully saturated rings. The smallest absolute Gasteiger partial charge is 0.230 e. The highest BCUT2D eigenvalue weighted by atomic mass is 32.2. The van der Waals surface area contributed by atoms with Crippen LogP contribution in [0, 0.1) is 0 Å². The molecule has 0 saturated carbocycles. The molecule has 1 N–H and O–H groups in total. The zero-order chi connectivity index (χ0) is 18.9. The van der Waals surface area contributed by atoms with Crippen molar-refractivity contribution in [3.05, 3.63) is 73.0 Å². The summed E-state index contributed by atoms with van der Waals surface area (Å²) >= 11 is 3.07. The van der Waals surface area contributed by atoms with Crippen LogP contribution in [0.2, 0.25) is 0 Å². The third kappa shape index (κ3) is 5.77. The van der Waals surface area contributed by atoms with E-state index in [4.69, 9.17) is 4.42 Å². The van der Waals surface area contributed by atoms with Crippen LogP contribution in [0.3, 0.4) is 0 Å². The molecule has 140 valence electrons. The first-order valence-electron chi connectivity index (χ1n) is 8.39. The molecule has 0 spiro atoms. The molecule has 6 nitrogen and oxygen atoms in total. The van der Waals surface area contributed by atoms with Crippen molar-refractivity contribution in [3.63, 3.8) is 0 Å². The minimum atomic E-state index is -0.0789. The molecule has 2 heterocycles. The predicted molar refractivity (Wildman–Crippen MR) is 108 cm³/mol. The van der Waals surface area contributed by atoms with Gasteiger partial charge in [-0.1, -0.05) is 36.0 Å². The van der Waals surface area contributed by atoms with Gasteiger partial charge >= 0.3 is 0 Å². The summed E-state index contributed by atoms with van der Waals surface area (Å²) in [6.45, 7) is 4.79. The van der Waals surface area contributed by atoms with Crippen LogP contribution >= 0.6 is 23.5 Å². The van der Waals surface area contributed by atoms with Crippen molar-refractivity contribution in [1.82, 2.24) is 20.1 Å². The number of aromatic nitrogens is 3. The summed E-state index contributed by atoms with van der Waals surface area (Å²) < 4.78 is 7.20. The normalized spacial score (nSPS) is 10.7. The Labute approximate surface area is 166 Å². The van der Waals surface area contributed by atoms with E-state index >= 15 is 0 Å². The number of carbonyl (C=O) groups excluding carboxylic acids is 1. The van der Waals surface area contributed by atoms with E-state index in [0.29, 0.717) is 24.0 Å². The van der Waals surface area contributed by atoms with E-state index < -0.39 is 0 Å². The van der Waals surface area contributed by atoms with Crippen molar-refractivity contribution in [2.45, 2.75) is 28.9 Å². The van der Waals surface area contributed by atoms with Crippen LogP contribution in [0.15, 0.2) is 75.9 Å². The molecular formula is C19H20N4O2S2. The first-order chi connectivity index (χ1) is 13.3. The van der Waals surface area contributed by atoms with Crippen LogP contribution in [-0.4, -0.2) is 26.4 Å². The number of nitrogens with zero attached hydrogens (tertiary/aromatic N) is 3. The minimum Gasteiger partial charge on any atom is -0.467 e. The van der Waals surface area contributed by atoms with Crippen LogP contribution in [0.5, 0.6) is 0 Å². The Kier molecular flexibility index (Phi) is 7.18. The average molecular weight is 401 g/mol. The largest absolute Gasteiger partial charge is 0.467 e. The van der Waals surface area contributed by atoms with Crippen LogP contribution in [0.1, 0.15) is 11.6 Å². The molecule has 0 saturated heterocycles. The molecule has 0 bridgehead atoms. The van der Waals surface area contributed by atoms with E-state index in [0.717, 1.165) is 11.6 Å². The third-order valence-electron chi connectivity index (χ3n) is 3.59. The second kappa shape index (κ2) is 10.0. The van der Waals surface area contributed by atoms with E-state index in [2.05, 4.69) is 34.2 Å². The summed E-state index contributed by atoms with van der Waals surface area (Å²) in [5, 5.41) is 12.1. The van der Waals surface area contributed by atoms with Crippen LogP contribution in [0.25, 0.3) is 0 Å². The van der Waals surface area contributed by atoms with Crippen molar-refractivity contribution in [2.24, 2.45) is 0 Å². The van der Waals surface area contributed by atoms with Crippen molar-refractivity contribution < 1.29 is 9.21 Å². The highest BCUT2D eigenvalue weighted by Crippen LogP contribution is 2.24. The lowest BCUT2D eigenvalue weighted by Crippen LogP contribution is -2.24. The quantitative estimate of drug-likeness (QED) is 0.413. The number of hydrogen-bond acceptors (Lipinski definition) is 6. The van der Waals surface area contributed by atoms with Crippen LogP contribution in [0.4, 0.5) is 0 Å². The van der Waals surface area contributed by atoms with Gasteiger partial charge in [0.05, 0.1) is 24.3 Å². The fraction of sp³-hybridized carbons (Fsp3) is 0.211. The minimum absolute atomic E-state index is 0.0789. The summed E-state index contributed by atoms with van der Waals surface area (Å²) in [5.74, 6) is 2.48. The van der Waals surface area contributed by atoms with Crippen molar-refractivity contribution in [1.29, 1.82) is 0 Å². The Hall–Kier alpha value is -2.45. The average Bonchev–Trinajstić information content (AvgIpc) is 3.34. The van der Waals surface area contributed by atoms with Crippen molar-refractivity contribution in [3.8, 4) is 0 Å². The lowest BCUT2D eigenvalue weighted by molar-refractivity contribution is -0.118. The molecule has 0 aliphatic rings. The van der Waals surface area contributed by atoms with Gasteiger partial charge in [-0.15, -0.1) is 28.5 Å². The molecule has 0 atom stereocenters. The lowest BCUT2D eigenvalue weighted by atomic mass is 10.4. The molecule has 3 aromatic rings. The summed E-state index contributed by atoms with van der Waals surface area (Å²) in [6, 6.07) is 13.8. The van der Waals surface area contributed by atoms with Gasteiger partial charge in [0.1, 0.15) is 11.6 Å². The Morgan fingerprint density at radius 1 is 1.19 bits per heavy atom. The number of thioether (sulfide) groups is 2. The number of amides is 1. The van der Waals surface area contributed by atoms with Crippen molar-refractivity contribution in [2.75, 3.05) is 5.75 Å². The first kappa shape index (κ1) is 19.3. The second-order valence-corrected chi connectivity index (χ2v) is 7.54. The maximum atomic E-state index is 12.0. The van der Waals surface area contributed by atoms with Gasteiger partial charge in [0.25, 0.3) is 0 Å². The van der Waals surface area contributed by atoms with E-state index in [1.165, 1.54) is 16.7 Å². The van der Waals surface area contributed by atoms with Gasteiger partial charge in [0, 0.05) is 11.4 Å². The second-order valence-electron chi connectivity index (χ2n) is 5.54. The molecule has 0 unspecified atom stereocenters. The number of nitrogens with one attached hydrogen (secondary N) is 1. The van der Waals surface area contributed by atoms with Gasteiger partial charge in [-0.3, -0.25) is 4.79 Å². The summed E-state index contributed by atoms with van der Waals surface area (Å²) in [6.07, 6.45) is 3.39. The van der Waals surface area contributed by atoms with E-state index in [9.17, 15) is 4.79 Å². The SMILES string of the molecule is C=CCn1c(CSc2ccccc2)nnc1SCC(=O)NCc1ccco1. The Morgan fingerprint density at radius 3 is 2.78 bits per heavy atom. The lowest BCUT2D eigenvalue weighted by Gasteiger charge is -2.08. The molecule has 0 aliphatic heterocycles. The van der Waals surface area contributed by atoms with Gasteiger partial charge in [0.15, 0.2) is 5.16 Å². The maximum absolute atomic E-state index is 12.0. The monoisotopic (exact) mass is 400 g/mol. The molecule has 3 rings (SSSR count). The molecule has 1 amide bonds. The standard InChI is InChI=1S/C19H20N4O2S2/c1-2-10-23-17(13-26-16-8-4-3-5-9-16)21-22-19(23)27-14-18(24)20-12-15-7-6-11-25-15/h2-9,11H,1,10,12-14H2,(H,20,24). The van der Waals surface area contributed by atoms with Gasteiger partial charge in [-0.05, 0) is 24.3 Å². The Balaban J connectivity index is 1.55. The summed E-state index contributed by atoms with van der Waals surface area (Å²) in [7, 11) is 0. The molecule has 27 heavy (non-hydrogen) atoms. The third-order valence-corrected chi connectivity index (χ3v) is 5.56. The van der Waals surface area contributed by atoms with Gasteiger partial charge in [-0.2, -0.15) is 0 Å². The number of benzene rings is 1. The molecular weight excluding hydrogens is 380 g/mol. The van der Waals surface area contributed by atoms with E-state index in [1.807, 2.05) is 28.8 Å². The maximum Gasteiger partial charge on any atom is 0.230 e. The molecule has 0 aliphatic carbocycles. The Morgan fingerprint density at radius 2 is 2.04 bits per heavy atom. The number of carbonyl (C=O) groups is 1. The van der Waals surface area contributed by atoms with Crippen LogP contribution in [-0.2, 0) is 23.6 Å². The molecule has 8 heteroatoms. The number of allylic oxidation sites excluding steroid dienone is 1. The summed E-state index contributed by atoms with van der Waals surface area (Å²) in [4.78, 5) is 13.2. The zero-order valence-corrected chi connectivity index (χ0v) is 16.3. The van der Waals surface area contributed by atoms with Gasteiger partial charge in [-0.25, -0.2) is 0 Å². The fourth-order valence-electron chi connectivity index (χ4n) is 2.29.